The Kier molecular flexibility index (Phi) is 6.38. The van der Waals surface area contributed by atoms with Crippen molar-refractivity contribution in [1.29, 1.82) is 0 Å². The molecular formula is C12H23N3O2S. The van der Waals surface area contributed by atoms with Crippen LogP contribution in [0.1, 0.15) is 18.2 Å². The van der Waals surface area contributed by atoms with Gasteiger partial charge in [0.15, 0.2) is 5.13 Å². The first kappa shape index (κ1) is 15.2. The molecule has 0 radical (unpaired) electrons. The summed E-state index contributed by atoms with van der Waals surface area (Å²) in [6.45, 7) is 3.70. The molecule has 0 aliphatic heterocycles. The van der Waals surface area contributed by atoms with Gasteiger partial charge in [-0.15, -0.1) is 0 Å². The topological polar surface area (TPSA) is 46.6 Å². The summed E-state index contributed by atoms with van der Waals surface area (Å²) in [5.74, 6) is 0.718. The minimum atomic E-state index is 0.416. The van der Waals surface area contributed by atoms with E-state index in [1.165, 1.54) is 0 Å². The van der Waals surface area contributed by atoms with Crippen LogP contribution in [0.3, 0.4) is 0 Å². The van der Waals surface area contributed by atoms with Gasteiger partial charge in [-0.3, -0.25) is 0 Å². The molecule has 1 aromatic rings. The standard InChI is InChI=1S/C12H23N3O2S/c1-9(6-7-16-4)13-8-10-11(17-5)14-12(18-10)15(2)3/h9,13H,6-8H2,1-5H3. The number of hydrogen-bond acceptors (Lipinski definition) is 6. The van der Waals surface area contributed by atoms with Crippen LogP contribution in [-0.2, 0) is 11.3 Å². The average molecular weight is 273 g/mol. The third-order valence-electron chi connectivity index (χ3n) is 2.59. The van der Waals surface area contributed by atoms with E-state index in [0.29, 0.717) is 6.04 Å². The monoisotopic (exact) mass is 273 g/mol. The van der Waals surface area contributed by atoms with Crippen LogP contribution in [0.15, 0.2) is 0 Å². The number of nitrogens with one attached hydrogen (secondary N) is 1. The molecule has 5 nitrogen and oxygen atoms in total. The first-order valence-electron chi connectivity index (χ1n) is 6.01. The minimum Gasteiger partial charge on any atom is -0.480 e. The van der Waals surface area contributed by atoms with Crippen LogP contribution in [0.4, 0.5) is 5.13 Å². The Labute approximate surface area is 113 Å². The van der Waals surface area contributed by atoms with Crippen LogP contribution < -0.4 is 15.0 Å². The predicted molar refractivity (Wildman–Crippen MR) is 75.8 cm³/mol. The van der Waals surface area contributed by atoms with Gasteiger partial charge < -0.3 is 19.7 Å². The molecule has 1 unspecified atom stereocenters. The molecule has 0 aliphatic carbocycles. The second-order valence-corrected chi connectivity index (χ2v) is 5.45. The van der Waals surface area contributed by atoms with Crippen LogP contribution >= 0.6 is 11.3 Å². The quantitative estimate of drug-likeness (QED) is 0.781. The van der Waals surface area contributed by atoms with Crippen molar-refractivity contribution < 1.29 is 9.47 Å². The molecule has 0 aliphatic rings. The fourth-order valence-electron chi connectivity index (χ4n) is 1.45. The van der Waals surface area contributed by atoms with Crippen molar-refractivity contribution in [2.75, 3.05) is 39.8 Å². The summed E-state index contributed by atoms with van der Waals surface area (Å²) in [5, 5.41) is 4.42. The highest BCUT2D eigenvalue weighted by atomic mass is 32.1. The lowest BCUT2D eigenvalue weighted by molar-refractivity contribution is 0.184. The molecule has 0 aromatic carbocycles. The van der Waals surface area contributed by atoms with Crippen molar-refractivity contribution in [3.05, 3.63) is 4.88 Å². The third-order valence-corrected chi connectivity index (χ3v) is 3.80. The Balaban J connectivity index is 2.55. The Hall–Kier alpha value is -0.850. The highest BCUT2D eigenvalue weighted by Crippen LogP contribution is 2.30. The number of hydrogen-bond donors (Lipinski definition) is 1. The molecule has 104 valence electrons. The van der Waals surface area contributed by atoms with Crippen molar-refractivity contribution in [3.8, 4) is 5.88 Å². The zero-order valence-electron chi connectivity index (χ0n) is 11.8. The molecule has 0 spiro atoms. The smallest absolute Gasteiger partial charge is 0.230 e. The highest BCUT2D eigenvalue weighted by Gasteiger charge is 2.13. The number of nitrogens with zero attached hydrogens (tertiary/aromatic N) is 2. The summed E-state index contributed by atoms with van der Waals surface area (Å²) in [7, 11) is 7.35. The van der Waals surface area contributed by atoms with Gasteiger partial charge in [0.05, 0.1) is 12.0 Å². The predicted octanol–water partition coefficient (Wildman–Crippen LogP) is 1.73. The molecule has 1 atom stereocenters. The Bertz CT molecular complexity index is 355. The van der Waals surface area contributed by atoms with Gasteiger partial charge in [-0.1, -0.05) is 11.3 Å². The lowest BCUT2D eigenvalue weighted by Gasteiger charge is -2.12. The first-order valence-corrected chi connectivity index (χ1v) is 6.83. The van der Waals surface area contributed by atoms with E-state index in [1.54, 1.807) is 25.6 Å². The van der Waals surface area contributed by atoms with Crippen molar-refractivity contribution in [3.63, 3.8) is 0 Å². The summed E-state index contributed by atoms with van der Waals surface area (Å²) >= 11 is 1.65. The Morgan fingerprint density at radius 2 is 2.11 bits per heavy atom. The lowest BCUT2D eigenvalue weighted by Crippen LogP contribution is -2.26. The van der Waals surface area contributed by atoms with Crippen LogP contribution in [0, 0.1) is 0 Å². The molecule has 0 amide bonds. The molecule has 0 bridgehead atoms. The Morgan fingerprint density at radius 1 is 1.39 bits per heavy atom. The van der Waals surface area contributed by atoms with Crippen molar-refractivity contribution >= 4 is 16.5 Å². The van der Waals surface area contributed by atoms with E-state index in [4.69, 9.17) is 9.47 Å². The van der Waals surface area contributed by atoms with Gasteiger partial charge in [0.25, 0.3) is 0 Å². The van der Waals surface area contributed by atoms with Gasteiger partial charge in [-0.25, -0.2) is 0 Å². The number of rotatable bonds is 8. The van der Waals surface area contributed by atoms with Crippen LogP contribution in [0.2, 0.25) is 0 Å². The summed E-state index contributed by atoms with van der Waals surface area (Å²) in [6, 6.07) is 0.416. The average Bonchev–Trinajstić information content (AvgIpc) is 2.77. The maximum Gasteiger partial charge on any atom is 0.230 e. The summed E-state index contributed by atoms with van der Waals surface area (Å²) in [6.07, 6.45) is 0.998. The molecule has 18 heavy (non-hydrogen) atoms. The molecule has 0 saturated heterocycles. The van der Waals surface area contributed by atoms with Gasteiger partial charge in [0, 0.05) is 40.4 Å². The van der Waals surface area contributed by atoms with Gasteiger partial charge in [0.1, 0.15) is 0 Å². The fraction of sp³-hybridized carbons (Fsp3) is 0.750. The van der Waals surface area contributed by atoms with Gasteiger partial charge in [-0.2, -0.15) is 4.98 Å². The number of ether oxygens (including phenoxy) is 2. The zero-order chi connectivity index (χ0) is 13.5. The highest BCUT2D eigenvalue weighted by molar-refractivity contribution is 7.15. The number of anilines is 1. The first-order chi connectivity index (χ1) is 8.58. The molecule has 6 heteroatoms. The zero-order valence-corrected chi connectivity index (χ0v) is 12.6. The molecule has 0 fully saturated rings. The molecule has 1 rings (SSSR count). The number of thiazole rings is 1. The summed E-state index contributed by atoms with van der Waals surface area (Å²) in [5.41, 5.74) is 0. The van der Waals surface area contributed by atoms with Crippen LogP contribution in [0.25, 0.3) is 0 Å². The summed E-state index contributed by atoms with van der Waals surface area (Å²) < 4.78 is 10.4. The molecule has 1 aromatic heterocycles. The molecule has 1 heterocycles. The van der Waals surface area contributed by atoms with Crippen molar-refractivity contribution in [2.24, 2.45) is 0 Å². The second-order valence-electron chi connectivity index (χ2n) is 4.39. The fourth-order valence-corrected chi connectivity index (χ4v) is 2.36. The van der Waals surface area contributed by atoms with Gasteiger partial charge in [-0.05, 0) is 13.3 Å². The van der Waals surface area contributed by atoms with Crippen molar-refractivity contribution in [2.45, 2.75) is 25.9 Å². The SMILES string of the molecule is COCCC(C)NCc1sc(N(C)C)nc1OC. The second kappa shape index (κ2) is 7.56. The van der Waals surface area contributed by atoms with E-state index in [0.717, 1.165) is 35.5 Å². The number of aromatic nitrogens is 1. The molecule has 1 N–H and O–H groups in total. The largest absolute Gasteiger partial charge is 0.480 e. The van der Waals surface area contributed by atoms with E-state index >= 15 is 0 Å². The van der Waals surface area contributed by atoms with Crippen LogP contribution in [0.5, 0.6) is 5.88 Å². The van der Waals surface area contributed by atoms with E-state index in [1.807, 2.05) is 19.0 Å². The van der Waals surface area contributed by atoms with E-state index in [9.17, 15) is 0 Å². The van der Waals surface area contributed by atoms with Gasteiger partial charge >= 0.3 is 0 Å². The maximum atomic E-state index is 5.30. The minimum absolute atomic E-state index is 0.416. The van der Waals surface area contributed by atoms with Crippen molar-refractivity contribution in [1.82, 2.24) is 10.3 Å². The molecular weight excluding hydrogens is 250 g/mol. The third kappa shape index (κ3) is 4.44. The molecule has 0 saturated carbocycles. The normalized spacial score (nSPS) is 12.5. The maximum absolute atomic E-state index is 5.30. The Morgan fingerprint density at radius 3 is 2.67 bits per heavy atom. The van der Waals surface area contributed by atoms with Crippen LogP contribution in [-0.4, -0.2) is 45.9 Å². The summed E-state index contributed by atoms with van der Waals surface area (Å²) in [4.78, 5) is 7.55. The van der Waals surface area contributed by atoms with E-state index in [2.05, 4.69) is 17.2 Å². The van der Waals surface area contributed by atoms with E-state index in [-0.39, 0.29) is 0 Å². The van der Waals surface area contributed by atoms with E-state index < -0.39 is 0 Å². The number of methoxy groups -OCH3 is 2. The lowest BCUT2D eigenvalue weighted by atomic mass is 10.2. The van der Waals surface area contributed by atoms with Gasteiger partial charge in [0.2, 0.25) is 5.88 Å².